The number of hydrogen-bond acceptors (Lipinski definition) is 4. The van der Waals surface area contributed by atoms with Crippen molar-refractivity contribution < 1.29 is 24.2 Å². The van der Waals surface area contributed by atoms with E-state index in [1.165, 1.54) is 6.08 Å². The Morgan fingerprint density at radius 1 is 1.23 bits per heavy atom. The van der Waals surface area contributed by atoms with Gasteiger partial charge in [-0.1, -0.05) is 12.1 Å². The SMILES string of the molecule is CNC(=O)c1ccc(C=CC(=O)N(CCC(=O)O)C2CCOCC2)cc1. The number of nitrogens with zero attached hydrogens (tertiary/aromatic N) is 1. The van der Waals surface area contributed by atoms with Crippen molar-refractivity contribution in [3.63, 3.8) is 0 Å². The van der Waals surface area contributed by atoms with Gasteiger partial charge < -0.3 is 20.1 Å². The van der Waals surface area contributed by atoms with Gasteiger partial charge >= 0.3 is 5.97 Å². The summed E-state index contributed by atoms with van der Waals surface area (Å²) in [5.74, 6) is -1.31. The number of carboxylic acids is 1. The smallest absolute Gasteiger partial charge is 0.305 e. The van der Waals surface area contributed by atoms with Gasteiger partial charge in [0.15, 0.2) is 0 Å². The first-order valence-corrected chi connectivity index (χ1v) is 8.61. The molecule has 2 amide bonds. The topological polar surface area (TPSA) is 95.9 Å². The molecule has 7 nitrogen and oxygen atoms in total. The maximum atomic E-state index is 12.6. The molecule has 2 N–H and O–H groups in total. The van der Waals surface area contributed by atoms with Crippen molar-refractivity contribution >= 4 is 23.9 Å². The van der Waals surface area contributed by atoms with Gasteiger partial charge in [0.2, 0.25) is 5.91 Å². The number of ether oxygens (including phenoxy) is 1. The Labute approximate surface area is 152 Å². The van der Waals surface area contributed by atoms with Gasteiger partial charge in [-0.3, -0.25) is 14.4 Å². The Morgan fingerprint density at radius 2 is 1.88 bits per heavy atom. The van der Waals surface area contributed by atoms with Crippen LogP contribution in [0, 0.1) is 0 Å². The molecule has 0 saturated carbocycles. The molecule has 7 heteroatoms. The Kier molecular flexibility index (Phi) is 7.35. The maximum Gasteiger partial charge on any atom is 0.305 e. The van der Waals surface area contributed by atoms with Crippen molar-refractivity contribution in [3.05, 3.63) is 41.5 Å². The van der Waals surface area contributed by atoms with Crippen LogP contribution in [-0.2, 0) is 14.3 Å². The first-order chi connectivity index (χ1) is 12.5. The third-order valence-electron chi connectivity index (χ3n) is 4.30. The van der Waals surface area contributed by atoms with Crippen LogP contribution in [0.4, 0.5) is 0 Å². The van der Waals surface area contributed by atoms with Crippen molar-refractivity contribution in [2.45, 2.75) is 25.3 Å². The predicted molar refractivity (Wildman–Crippen MR) is 96.7 cm³/mol. The summed E-state index contributed by atoms with van der Waals surface area (Å²) in [4.78, 5) is 36.6. The van der Waals surface area contributed by atoms with Crippen LogP contribution in [0.1, 0.15) is 35.2 Å². The van der Waals surface area contributed by atoms with Crippen LogP contribution in [0.3, 0.4) is 0 Å². The van der Waals surface area contributed by atoms with E-state index < -0.39 is 5.97 Å². The van der Waals surface area contributed by atoms with Gasteiger partial charge in [0, 0.05) is 44.5 Å². The highest BCUT2D eigenvalue weighted by atomic mass is 16.5. The third kappa shape index (κ3) is 5.70. The fourth-order valence-corrected chi connectivity index (χ4v) is 2.84. The second kappa shape index (κ2) is 9.72. The Morgan fingerprint density at radius 3 is 2.46 bits per heavy atom. The summed E-state index contributed by atoms with van der Waals surface area (Å²) in [6, 6.07) is 6.87. The van der Waals surface area contributed by atoms with Gasteiger partial charge in [-0.2, -0.15) is 0 Å². The van der Waals surface area contributed by atoms with Gasteiger partial charge in [0.1, 0.15) is 0 Å². The maximum absolute atomic E-state index is 12.6. The molecule has 0 bridgehead atoms. The molecule has 1 fully saturated rings. The van der Waals surface area contributed by atoms with E-state index in [0.717, 1.165) is 5.56 Å². The first-order valence-electron chi connectivity index (χ1n) is 8.61. The fourth-order valence-electron chi connectivity index (χ4n) is 2.84. The van der Waals surface area contributed by atoms with Gasteiger partial charge in [-0.05, 0) is 36.6 Å². The van der Waals surface area contributed by atoms with E-state index >= 15 is 0 Å². The van der Waals surface area contributed by atoms with E-state index in [2.05, 4.69) is 5.32 Å². The van der Waals surface area contributed by atoms with Gasteiger partial charge in [-0.25, -0.2) is 0 Å². The van der Waals surface area contributed by atoms with E-state index in [0.29, 0.717) is 31.6 Å². The molecule has 1 saturated heterocycles. The minimum Gasteiger partial charge on any atom is -0.481 e. The molecule has 2 rings (SSSR count). The molecule has 0 atom stereocenters. The number of benzene rings is 1. The summed E-state index contributed by atoms with van der Waals surface area (Å²) >= 11 is 0. The second-order valence-electron chi connectivity index (χ2n) is 6.05. The summed E-state index contributed by atoms with van der Waals surface area (Å²) in [5, 5.41) is 11.5. The number of rotatable bonds is 7. The number of carbonyl (C=O) groups excluding carboxylic acids is 2. The predicted octanol–water partition coefficient (Wildman–Crippen LogP) is 1.54. The molecule has 0 aromatic heterocycles. The van der Waals surface area contributed by atoms with Gasteiger partial charge in [0.25, 0.3) is 5.91 Å². The fraction of sp³-hybridized carbons (Fsp3) is 0.421. The van der Waals surface area contributed by atoms with Crippen molar-refractivity contribution in [2.75, 3.05) is 26.8 Å². The van der Waals surface area contributed by atoms with E-state index in [9.17, 15) is 14.4 Å². The quantitative estimate of drug-likeness (QED) is 0.719. The monoisotopic (exact) mass is 360 g/mol. The summed E-state index contributed by atoms with van der Waals surface area (Å²) in [6.45, 7) is 1.33. The summed E-state index contributed by atoms with van der Waals surface area (Å²) < 4.78 is 5.32. The highest BCUT2D eigenvalue weighted by Crippen LogP contribution is 2.16. The van der Waals surface area contributed by atoms with Crippen molar-refractivity contribution in [3.8, 4) is 0 Å². The van der Waals surface area contributed by atoms with E-state index in [-0.39, 0.29) is 30.8 Å². The molecule has 140 valence electrons. The van der Waals surface area contributed by atoms with Crippen molar-refractivity contribution in [1.29, 1.82) is 0 Å². The number of nitrogens with one attached hydrogen (secondary N) is 1. The van der Waals surface area contributed by atoms with Crippen LogP contribution < -0.4 is 5.32 Å². The lowest BCUT2D eigenvalue weighted by Crippen LogP contribution is -2.43. The average molecular weight is 360 g/mol. The zero-order valence-electron chi connectivity index (χ0n) is 14.8. The molecule has 0 unspecified atom stereocenters. The largest absolute Gasteiger partial charge is 0.481 e. The summed E-state index contributed by atoms with van der Waals surface area (Å²) in [5.41, 5.74) is 1.33. The van der Waals surface area contributed by atoms with Crippen molar-refractivity contribution in [2.24, 2.45) is 0 Å². The van der Waals surface area contributed by atoms with Crippen molar-refractivity contribution in [1.82, 2.24) is 10.2 Å². The lowest BCUT2D eigenvalue weighted by molar-refractivity contribution is -0.138. The molecule has 0 radical (unpaired) electrons. The number of aliphatic carboxylic acids is 1. The molecule has 1 heterocycles. The average Bonchev–Trinajstić information content (AvgIpc) is 2.67. The Bertz CT molecular complexity index is 663. The minimum atomic E-state index is -0.927. The van der Waals surface area contributed by atoms with Crippen LogP contribution in [0.5, 0.6) is 0 Å². The Balaban J connectivity index is 2.05. The molecular formula is C19H24N2O5. The molecule has 0 aliphatic carbocycles. The van der Waals surface area contributed by atoms with Crippen LogP contribution in [0.2, 0.25) is 0 Å². The highest BCUT2D eigenvalue weighted by Gasteiger charge is 2.24. The number of amides is 2. The van der Waals surface area contributed by atoms with Gasteiger partial charge in [-0.15, -0.1) is 0 Å². The molecule has 26 heavy (non-hydrogen) atoms. The van der Waals surface area contributed by atoms with E-state index in [4.69, 9.17) is 9.84 Å². The number of carbonyl (C=O) groups is 3. The molecule has 1 aliphatic rings. The van der Waals surface area contributed by atoms with Crippen LogP contribution >= 0.6 is 0 Å². The normalized spacial score (nSPS) is 15.0. The third-order valence-corrected chi connectivity index (χ3v) is 4.30. The first kappa shape index (κ1) is 19.7. The molecule has 1 aromatic carbocycles. The van der Waals surface area contributed by atoms with Crippen LogP contribution in [0.15, 0.2) is 30.3 Å². The zero-order chi connectivity index (χ0) is 18.9. The second-order valence-corrected chi connectivity index (χ2v) is 6.05. The lowest BCUT2D eigenvalue weighted by Gasteiger charge is -2.33. The number of carboxylic acid groups (broad SMARTS) is 1. The zero-order valence-corrected chi connectivity index (χ0v) is 14.8. The number of hydrogen-bond donors (Lipinski definition) is 2. The minimum absolute atomic E-state index is 0.00382. The standard InChI is InChI=1S/C19H24N2O5/c1-20-19(25)15-5-2-14(3-6-15)4-7-17(22)21(11-8-18(23)24)16-9-12-26-13-10-16/h2-7,16H,8-13H2,1H3,(H,20,25)(H,23,24). The summed E-state index contributed by atoms with van der Waals surface area (Å²) in [6.07, 6.45) is 4.45. The highest BCUT2D eigenvalue weighted by molar-refractivity contribution is 5.95. The van der Waals surface area contributed by atoms with E-state index in [1.54, 1.807) is 42.3 Å². The van der Waals surface area contributed by atoms with Crippen LogP contribution in [-0.4, -0.2) is 60.6 Å². The Hall–Kier alpha value is -2.67. The van der Waals surface area contributed by atoms with Gasteiger partial charge in [0.05, 0.1) is 6.42 Å². The molecule has 1 aliphatic heterocycles. The molecule has 0 spiro atoms. The molecule has 1 aromatic rings. The van der Waals surface area contributed by atoms with Crippen LogP contribution in [0.25, 0.3) is 6.08 Å². The lowest BCUT2D eigenvalue weighted by atomic mass is 10.1. The van der Waals surface area contributed by atoms with E-state index in [1.807, 2.05) is 0 Å². The molecular weight excluding hydrogens is 336 g/mol. The summed E-state index contributed by atoms with van der Waals surface area (Å²) in [7, 11) is 1.57.